The first-order valence-electron chi connectivity index (χ1n) is 7.46. The average Bonchev–Trinajstić information content (AvgIpc) is 2.85. The maximum Gasteiger partial charge on any atom is 0.348 e. The SMILES string of the molecule is CCOC(=O)c1sc2ncnc(N3CCCC(O)C3)c2c1C. The summed E-state index contributed by atoms with van der Waals surface area (Å²) in [6.45, 7) is 5.46. The molecule has 1 saturated heterocycles. The number of carbonyl (C=O) groups is 1. The van der Waals surface area contributed by atoms with Gasteiger partial charge in [0.15, 0.2) is 0 Å². The van der Waals surface area contributed by atoms with Gasteiger partial charge in [0.2, 0.25) is 0 Å². The molecule has 1 aliphatic rings. The molecule has 118 valence electrons. The van der Waals surface area contributed by atoms with Crippen molar-refractivity contribution in [2.45, 2.75) is 32.8 Å². The van der Waals surface area contributed by atoms with Crippen LogP contribution in [-0.2, 0) is 4.74 Å². The smallest absolute Gasteiger partial charge is 0.348 e. The summed E-state index contributed by atoms with van der Waals surface area (Å²) in [7, 11) is 0. The van der Waals surface area contributed by atoms with Crippen molar-refractivity contribution in [1.82, 2.24) is 9.97 Å². The molecular formula is C15H19N3O3S. The lowest BCUT2D eigenvalue weighted by Crippen LogP contribution is -2.38. The fourth-order valence-electron chi connectivity index (χ4n) is 2.83. The number of aliphatic hydroxyl groups excluding tert-OH is 1. The van der Waals surface area contributed by atoms with E-state index in [9.17, 15) is 9.90 Å². The Balaban J connectivity index is 2.06. The molecule has 0 aliphatic carbocycles. The van der Waals surface area contributed by atoms with Gasteiger partial charge in [-0.3, -0.25) is 0 Å². The number of hydrogen-bond donors (Lipinski definition) is 1. The number of β-amino-alcohol motifs (C(OH)–C–C–N with tert-alkyl or cyclic N) is 1. The average molecular weight is 321 g/mol. The first-order valence-corrected chi connectivity index (χ1v) is 8.27. The molecule has 6 nitrogen and oxygen atoms in total. The Kier molecular flexibility index (Phi) is 4.26. The number of hydrogen-bond acceptors (Lipinski definition) is 7. The van der Waals surface area contributed by atoms with E-state index in [1.165, 1.54) is 17.7 Å². The van der Waals surface area contributed by atoms with Crippen LogP contribution in [0.2, 0.25) is 0 Å². The minimum absolute atomic E-state index is 0.312. The van der Waals surface area contributed by atoms with Gasteiger partial charge >= 0.3 is 5.97 Å². The third-order valence-electron chi connectivity index (χ3n) is 3.86. The van der Waals surface area contributed by atoms with Crippen LogP contribution in [-0.4, -0.2) is 46.8 Å². The minimum Gasteiger partial charge on any atom is -0.462 e. The maximum absolute atomic E-state index is 12.1. The lowest BCUT2D eigenvalue weighted by atomic mass is 10.1. The summed E-state index contributed by atoms with van der Waals surface area (Å²) < 4.78 is 5.11. The molecule has 0 bridgehead atoms. The summed E-state index contributed by atoms with van der Waals surface area (Å²) in [6.07, 6.45) is 2.94. The quantitative estimate of drug-likeness (QED) is 0.873. The molecule has 1 atom stereocenters. The van der Waals surface area contributed by atoms with Crippen molar-refractivity contribution in [2.24, 2.45) is 0 Å². The normalized spacial score (nSPS) is 18.7. The van der Waals surface area contributed by atoms with Crippen LogP contribution in [0.4, 0.5) is 5.82 Å². The molecule has 3 heterocycles. The third kappa shape index (κ3) is 2.66. The molecule has 0 amide bonds. The number of carbonyl (C=O) groups excluding carboxylic acids is 1. The lowest BCUT2D eigenvalue weighted by molar-refractivity contribution is 0.0531. The van der Waals surface area contributed by atoms with Gasteiger partial charge in [-0.1, -0.05) is 0 Å². The van der Waals surface area contributed by atoms with Gasteiger partial charge in [-0.15, -0.1) is 11.3 Å². The van der Waals surface area contributed by atoms with E-state index < -0.39 is 0 Å². The second kappa shape index (κ2) is 6.18. The van der Waals surface area contributed by atoms with E-state index in [0.29, 0.717) is 18.0 Å². The Morgan fingerprint density at radius 2 is 2.36 bits per heavy atom. The molecule has 0 saturated carbocycles. The van der Waals surface area contributed by atoms with E-state index >= 15 is 0 Å². The molecule has 7 heteroatoms. The second-order valence-corrected chi connectivity index (χ2v) is 6.40. The van der Waals surface area contributed by atoms with Crippen LogP contribution < -0.4 is 4.90 Å². The summed E-state index contributed by atoms with van der Waals surface area (Å²) in [6, 6.07) is 0. The molecule has 1 unspecified atom stereocenters. The summed E-state index contributed by atoms with van der Waals surface area (Å²) in [5, 5.41) is 10.8. The molecule has 0 radical (unpaired) electrons. The van der Waals surface area contributed by atoms with Crippen molar-refractivity contribution in [1.29, 1.82) is 0 Å². The third-order valence-corrected chi connectivity index (χ3v) is 5.04. The first-order chi connectivity index (χ1) is 10.6. The van der Waals surface area contributed by atoms with Gasteiger partial charge in [-0.2, -0.15) is 0 Å². The molecule has 1 fully saturated rings. The number of piperidine rings is 1. The molecule has 2 aromatic heterocycles. The van der Waals surface area contributed by atoms with Crippen molar-refractivity contribution in [3.05, 3.63) is 16.8 Å². The predicted octanol–water partition coefficient (Wildman–Crippen LogP) is 2.14. The monoisotopic (exact) mass is 321 g/mol. The standard InChI is InChI=1S/C15H19N3O3S/c1-3-21-15(20)12-9(2)11-13(16-8-17-14(11)22-12)18-6-4-5-10(19)7-18/h8,10,19H,3-7H2,1-2H3. The fourth-order valence-corrected chi connectivity index (χ4v) is 3.87. The summed E-state index contributed by atoms with van der Waals surface area (Å²) >= 11 is 1.34. The van der Waals surface area contributed by atoms with E-state index in [2.05, 4.69) is 14.9 Å². The first kappa shape index (κ1) is 15.2. The summed E-state index contributed by atoms with van der Waals surface area (Å²) in [5.74, 6) is 0.487. The number of aliphatic hydroxyl groups is 1. The highest BCUT2D eigenvalue weighted by Gasteiger charge is 2.25. The number of fused-ring (bicyclic) bond motifs is 1. The molecule has 3 rings (SSSR count). The fraction of sp³-hybridized carbons (Fsp3) is 0.533. The molecular weight excluding hydrogens is 302 g/mol. The highest BCUT2D eigenvalue weighted by atomic mass is 32.1. The van der Waals surface area contributed by atoms with Gasteiger partial charge < -0.3 is 14.7 Å². The van der Waals surface area contributed by atoms with Crippen molar-refractivity contribution >= 4 is 33.3 Å². The minimum atomic E-state index is -0.331. The number of anilines is 1. The Morgan fingerprint density at radius 3 is 3.09 bits per heavy atom. The number of aromatic nitrogens is 2. The lowest BCUT2D eigenvalue weighted by Gasteiger charge is -2.31. The Labute approximate surface area is 132 Å². The van der Waals surface area contributed by atoms with Crippen LogP contribution in [0.3, 0.4) is 0 Å². The number of thiophene rings is 1. The molecule has 22 heavy (non-hydrogen) atoms. The summed E-state index contributed by atoms with van der Waals surface area (Å²) in [4.78, 5) is 24.2. The number of nitrogens with zero attached hydrogens (tertiary/aromatic N) is 3. The molecule has 2 aromatic rings. The zero-order valence-electron chi connectivity index (χ0n) is 12.7. The van der Waals surface area contributed by atoms with Crippen LogP contribution in [0.25, 0.3) is 10.2 Å². The van der Waals surface area contributed by atoms with Crippen LogP contribution >= 0.6 is 11.3 Å². The summed E-state index contributed by atoms with van der Waals surface area (Å²) in [5.41, 5.74) is 0.856. The number of aryl methyl sites for hydroxylation is 1. The highest BCUT2D eigenvalue weighted by molar-refractivity contribution is 7.20. The number of ether oxygens (including phenoxy) is 1. The van der Waals surface area contributed by atoms with Gasteiger partial charge in [0.1, 0.15) is 21.9 Å². The second-order valence-electron chi connectivity index (χ2n) is 5.40. The van der Waals surface area contributed by atoms with Gasteiger partial charge in [0, 0.05) is 13.1 Å². The van der Waals surface area contributed by atoms with E-state index in [-0.39, 0.29) is 12.1 Å². The van der Waals surface area contributed by atoms with Crippen molar-refractivity contribution in [3.8, 4) is 0 Å². The van der Waals surface area contributed by atoms with E-state index in [0.717, 1.165) is 41.0 Å². The molecule has 0 aromatic carbocycles. The van der Waals surface area contributed by atoms with Crippen molar-refractivity contribution < 1.29 is 14.6 Å². The Morgan fingerprint density at radius 1 is 1.55 bits per heavy atom. The molecule has 0 spiro atoms. The van der Waals surface area contributed by atoms with Crippen molar-refractivity contribution in [3.63, 3.8) is 0 Å². The largest absolute Gasteiger partial charge is 0.462 e. The topological polar surface area (TPSA) is 75.5 Å². The Hall–Kier alpha value is -1.73. The van der Waals surface area contributed by atoms with Crippen LogP contribution in [0.15, 0.2) is 6.33 Å². The zero-order valence-corrected chi connectivity index (χ0v) is 13.5. The van der Waals surface area contributed by atoms with Crippen molar-refractivity contribution in [2.75, 3.05) is 24.6 Å². The van der Waals surface area contributed by atoms with Gasteiger partial charge in [0.05, 0.1) is 18.1 Å². The van der Waals surface area contributed by atoms with Gasteiger partial charge in [-0.25, -0.2) is 14.8 Å². The molecule has 1 aliphatic heterocycles. The van der Waals surface area contributed by atoms with E-state index in [4.69, 9.17) is 4.74 Å². The van der Waals surface area contributed by atoms with E-state index in [1.54, 1.807) is 6.92 Å². The number of rotatable bonds is 3. The van der Waals surface area contributed by atoms with Crippen LogP contribution in [0.5, 0.6) is 0 Å². The van der Waals surface area contributed by atoms with Crippen LogP contribution in [0, 0.1) is 6.92 Å². The Bertz CT molecular complexity index is 701. The van der Waals surface area contributed by atoms with Gasteiger partial charge in [-0.05, 0) is 32.3 Å². The molecule has 1 N–H and O–H groups in total. The van der Waals surface area contributed by atoms with E-state index in [1.807, 2.05) is 6.92 Å². The number of esters is 1. The maximum atomic E-state index is 12.1. The van der Waals surface area contributed by atoms with Gasteiger partial charge in [0.25, 0.3) is 0 Å². The van der Waals surface area contributed by atoms with Crippen LogP contribution in [0.1, 0.15) is 35.0 Å². The predicted molar refractivity (Wildman–Crippen MR) is 85.6 cm³/mol. The zero-order chi connectivity index (χ0) is 15.7. The highest BCUT2D eigenvalue weighted by Crippen LogP contribution is 2.36.